The molecule has 5 heteroatoms. The van der Waals surface area contributed by atoms with Crippen molar-refractivity contribution in [3.05, 3.63) is 35.4 Å². The van der Waals surface area contributed by atoms with E-state index in [1.807, 2.05) is 4.90 Å². The number of nitrogens with zero attached hydrogens (tertiary/aromatic N) is 2. The highest BCUT2D eigenvalue weighted by Gasteiger charge is 2.52. The van der Waals surface area contributed by atoms with Gasteiger partial charge in [-0.15, -0.1) is 0 Å². The van der Waals surface area contributed by atoms with Crippen molar-refractivity contribution in [3.63, 3.8) is 0 Å². The van der Waals surface area contributed by atoms with Crippen LogP contribution in [0.3, 0.4) is 0 Å². The molecule has 0 radical (unpaired) electrons. The molecule has 2 heterocycles. The molecular formula is C21H26N2O3. The van der Waals surface area contributed by atoms with E-state index < -0.39 is 6.04 Å². The number of carbonyl (C=O) groups excluding carboxylic acids is 3. The lowest BCUT2D eigenvalue weighted by atomic mass is 9.65. The van der Waals surface area contributed by atoms with Gasteiger partial charge in [-0.25, -0.2) is 0 Å². The standard InChI is InChI=1S/C21H26N2O3/c1-13(23-18(25)15-7-5-6-8-16(15)19(23)26)17(24)22-12-21(4)10-14(22)9-20(2,3)11-21/h5-8,13-14H,9-12H2,1-4H3/t13-,14+,21+/m1/s1. The summed E-state index contributed by atoms with van der Waals surface area (Å²) in [6, 6.07) is 6.22. The van der Waals surface area contributed by atoms with Gasteiger partial charge in [0.2, 0.25) is 5.91 Å². The monoisotopic (exact) mass is 354 g/mol. The first-order chi connectivity index (χ1) is 12.1. The molecule has 3 atom stereocenters. The van der Waals surface area contributed by atoms with Crippen LogP contribution in [0.2, 0.25) is 0 Å². The van der Waals surface area contributed by atoms with Crippen LogP contribution < -0.4 is 0 Å². The molecule has 0 spiro atoms. The van der Waals surface area contributed by atoms with Gasteiger partial charge in [0.1, 0.15) is 6.04 Å². The van der Waals surface area contributed by atoms with Gasteiger partial charge in [-0.2, -0.15) is 0 Å². The molecule has 0 N–H and O–H groups in total. The third kappa shape index (κ3) is 2.48. The highest BCUT2D eigenvalue weighted by atomic mass is 16.2. The van der Waals surface area contributed by atoms with E-state index in [2.05, 4.69) is 20.8 Å². The summed E-state index contributed by atoms with van der Waals surface area (Å²) in [6.45, 7) is 9.17. The number of hydrogen-bond acceptors (Lipinski definition) is 3. The number of benzene rings is 1. The van der Waals surface area contributed by atoms with Crippen LogP contribution in [-0.4, -0.2) is 46.1 Å². The van der Waals surface area contributed by atoms with E-state index in [4.69, 9.17) is 0 Å². The Balaban J connectivity index is 1.59. The predicted octanol–water partition coefficient (Wildman–Crippen LogP) is 3.10. The summed E-state index contributed by atoms with van der Waals surface area (Å²) in [5, 5.41) is 0. The summed E-state index contributed by atoms with van der Waals surface area (Å²) in [6.07, 6.45) is 3.09. The van der Waals surface area contributed by atoms with Crippen molar-refractivity contribution in [1.29, 1.82) is 0 Å². The molecular weight excluding hydrogens is 328 g/mol. The predicted molar refractivity (Wildman–Crippen MR) is 97.6 cm³/mol. The van der Waals surface area contributed by atoms with E-state index >= 15 is 0 Å². The summed E-state index contributed by atoms with van der Waals surface area (Å²) in [5.41, 5.74) is 1.13. The molecule has 2 fully saturated rings. The molecule has 1 aromatic carbocycles. The van der Waals surface area contributed by atoms with Gasteiger partial charge in [0.15, 0.2) is 0 Å². The van der Waals surface area contributed by atoms with Gasteiger partial charge in [0, 0.05) is 12.6 Å². The summed E-state index contributed by atoms with van der Waals surface area (Å²) in [5.74, 6) is -0.828. The van der Waals surface area contributed by atoms with Gasteiger partial charge >= 0.3 is 0 Å². The van der Waals surface area contributed by atoms with E-state index in [0.717, 1.165) is 24.2 Å². The zero-order valence-electron chi connectivity index (χ0n) is 15.9. The normalized spacial score (nSPS) is 30.5. The maximum absolute atomic E-state index is 13.3. The van der Waals surface area contributed by atoms with Crippen molar-refractivity contribution in [1.82, 2.24) is 9.80 Å². The molecule has 2 aliphatic heterocycles. The van der Waals surface area contributed by atoms with Crippen molar-refractivity contribution in [3.8, 4) is 0 Å². The average molecular weight is 354 g/mol. The molecule has 3 amide bonds. The molecule has 3 aliphatic rings. The summed E-state index contributed by atoms with van der Waals surface area (Å²) in [7, 11) is 0. The second-order valence-corrected chi connectivity index (χ2v) is 9.38. The fraction of sp³-hybridized carbons (Fsp3) is 0.571. The first-order valence-corrected chi connectivity index (χ1v) is 9.39. The van der Waals surface area contributed by atoms with E-state index in [1.54, 1.807) is 31.2 Å². The largest absolute Gasteiger partial charge is 0.337 e. The minimum absolute atomic E-state index is 0.106. The van der Waals surface area contributed by atoms with Crippen LogP contribution in [0.4, 0.5) is 0 Å². The van der Waals surface area contributed by atoms with Gasteiger partial charge in [0.25, 0.3) is 11.8 Å². The first-order valence-electron chi connectivity index (χ1n) is 9.39. The zero-order chi connectivity index (χ0) is 18.9. The summed E-state index contributed by atoms with van der Waals surface area (Å²) in [4.78, 5) is 41.7. The SMILES string of the molecule is C[C@H](C(=O)N1C[C@@]2(C)C[C@@H]1CC(C)(C)C2)N1C(=O)c2ccccc2C1=O. The van der Waals surface area contributed by atoms with Gasteiger partial charge in [0.05, 0.1) is 11.1 Å². The van der Waals surface area contributed by atoms with Crippen molar-refractivity contribution < 1.29 is 14.4 Å². The van der Waals surface area contributed by atoms with Crippen molar-refractivity contribution in [2.24, 2.45) is 10.8 Å². The number of rotatable bonds is 2. The Labute approximate surface area is 154 Å². The Hall–Kier alpha value is -2.17. The Kier molecular flexibility index (Phi) is 3.59. The van der Waals surface area contributed by atoms with E-state index in [0.29, 0.717) is 17.7 Å². The van der Waals surface area contributed by atoms with E-state index in [1.165, 1.54) is 0 Å². The van der Waals surface area contributed by atoms with Crippen LogP contribution in [0.1, 0.15) is 67.7 Å². The lowest BCUT2D eigenvalue weighted by Gasteiger charge is -2.39. The van der Waals surface area contributed by atoms with E-state index in [-0.39, 0.29) is 34.6 Å². The molecule has 2 bridgehead atoms. The molecule has 1 saturated carbocycles. The fourth-order valence-corrected chi connectivity index (χ4v) is 5.63. The molecule has 0 unspecified atom stereocenters. The first kappa shape index (κ1) is 17.3. The quantitative estimate of drug-likeness (QED) is 0.767. The van der Waals surface area contributed by atoms with Gasteiger partial charge in [-0.05, 0) is 49.1 Å². The molecule has 26 heavy (non-hydrogen) atoms. The summed E-state index contributed by atoms with van der Waals surface area (Å²) >= 11 is 0. The summed E-state index contributed by atoms with van der Waals surface area (Å²) < 4.78 is 0. The Morgan fingerprint density at radius 2 is 1.65 bits per heavy atom. The number of hydrogen-bond donors (Lipinski definition) is 0. The second-order valence-electron chi connectivity index (χ2n) is 9.38. The number of likely N-dealkylation sites (tertiary alicyclic amines) is 1. The molecule has 0 aromatic heterocycles. The van der Waals surface area contributed by atoms with Crippen molar-refractivity contribution in [2.75, 3.05) is 6.54 Å². The third-order valence-electron chi connectivity index (χ3n) is 6.27. The highest BCUT2D eigenvalue weighted by molar-refractivity contribution is 6.22. The number of fused-ring (bicyclic) bond motifs is 3. The van der Waals surface area contributed by atoms with Crippen LogP contribution in [0.15, 0.2) is 24.3 Å². The van der Waals surface area contributed by atoms with Crippen LogP contribution in [0.5, 0.6) is 0 Å². The minimum Gasteiger partial charge on any atom is -0.337 e. The molecule has 1 aliphatic carbocycles. The maximum Gasteiger partial charge on any atom is 0.262 e. The fourth-order valence-electron chi connectivity index (χ4n) is 5.63. The number of amides is 3. The molecule has 1 aromatic rings. The van der Waals surface area contributed by atoms with Gasteiger partial charge in [-0.1, -0.05) is 32.9 Å². The smallest absolute Gasteiger partial charge is 0.262 e. The Bertz CT molecular complexity index is 780. The van der Waals surface area contributed by atoms with Gasteiger partial charge in [-0.3, -0.25) is 19.3 Å². The van der Waals surface area contributed by atoms with Gasteiger partial charge < -0.3 is 4.90 Å². The molecule has 4 rings (SSSR count). The Morgan fingerprint density at radius 1 is 1.08 bits per heavy atom. The maximum atomic E-state index is 13.3. The Morgan fingerprint density at radius 3 is 2.23 bits per heavy atom. The molecule has 5 nitrogen and oxygen atoms in total. The minimum atomic E-state index is -0.770. The van der Waals surface area contributed by atoms with Crippen LogP contribution in [0, 0.1) is 10.8 Å². The van der Waals surface area contributed by atoms with Crippen molar-refractivity contribution in [2.45, 2.75) is 59.0 Å². The van der Waals surface area contributed by atoms with Crippen LogP contribution in [-0.2, 0) is 4.79 Å². The lowest BCUT2D eigenvalue weighted by Crippen LogP contribution is -2.51. The topological polar surface area (TPSA) is 57.7 Å². The third-order valence-corrected chi connectivity index (χ3v) is 6.27. The highest BCUT2D eigenvalue weighted by Crippen LogP contribution is 2.52. The van der Waals surface area contributed by atoms with Crippen LogP contribution >= 0.6 is 0 Å². The molecule has 1 saturated heterocycles. The van der Waals surface area contributed by atoms with Crippen LogP contribution in [0.25, 0.3) is 0 Å². The molecule has 138 valence electrons. The lowest BCUT2D eigenvalue weighted by molar-refractivity contribution is -0.136. The van der Waals surface area contributed by atoms with E-state index in [9.17, 15) is 14.4 Å². The second kappa shape index (κ2) is 5.41. The zero-order valence-corrected chi connectivity index (χ0v) is 15.9. The average Bonchev–Trinajstić information content (AvgIpc) is 2.96. The number of carbonyl (C=O) groups is 3. The van der Waals surface area contributed by atoms with Crippen molar-refractivity contribution >= 4 is 17.7 Å². The number of imide groups is 1.